The maximum absolute atomic E-state index is 16.0. The molecule has 0 unspecified atom stereocenters. The Morgan fingerprint density at radius 1 is 0.609 bits per heavy atom. The van der Waals surface area contributed by atoms with Crippen molar-refractivity contribution in [2.45, 2.75) is 43.7 Å². The van der Waals surface area contributed by atoms with E-state index in [-0.39, 0.29) is 23.1 Å². The van der Waals surface area contributed by atoms with Crippen molar-refractivity contribution < 1.29 is 22.0 Å². The molecule has 0 radical (unpaired) electrons. The first-order valence-corrected chi connectivity index (χ1v) is 15.4. The fourth-order valence-electron chi connectivity index (χ4n) is 7.41. The molecule has 6 nitrogen and oxygen atoms in total. The molecule has 2 aliphatic heterocycles. The number of hydrogen-bond acceptors (Lipinski definition) is 4. The number of aromatic amines is 2. The van der Waals surface area contributed by atoms with E-state index in [0.717, 1.165) is 5.56 Å². The Hall–Kier alpha value is -4.93. The van der Waals surface area contributed by atoms with Gasteiger partial charge in [0.2, 0.25) is 0 Å². The maximum Gasteiger partial charge on any atom is 0.151 e. The zero-order valence-corrected chi connectivity index (χ0v) is 24.6. The first-order chi connectivity index (χ1) is 22.3. The summed E-state index contributed by atoms with van der Waals surface area (Å²) in [5.41, 5.74) is 3.91. The number of H-pyrrole nitrogens is 2. The fourth-order valence-corrected chi connectivity index (χ4v) is 7.41. The second kappa shape index (κ2) is 11.1. The monoisotopic (exact) mass is 628 g/mol. The van der Waals surface area contributed by atoms with Crippen LogP contribution in [0.4, 0.5) is 33.3 Å². The summed E-state index contributed by atoms with van der Waals surface area (Å²) in [6.45, 7) is 0.851. The lowest BCUT2D eigenvalue weighted by atomic mass is 9.89. The third kappa shape index (κ3) is 4.85. The highest BCUT2D eigenvalue weighted by Crippen LogP contribution is 2.49. The topological polar surface area (TPSA) is 63.8 Å². The van der Waals surface area contributed by atoms with E-state index in [2.05, 4.69) is 19.9 Å². The van der Waals surface area contributed by atoms with Gasteiger partial charge >= 0.3 is 0 Å². The van der Waals surface area contributed by atoms with Crippen molar-refractivity contribution in [3.8, 4) is 0 Å². The van der Waals surface area contributed by atoms with Gasteiger partial charge in [-0.15, -0.1) is 0 Å². The Kier molecular flexibility index (Phi) is 6.92. The minimum Gasteiger partial charge on any atom is -0.367 e. The van der Waals surface area contributed by atoms with Gasteiger partial charge in [-0.3, -0.25) is 0 Å². The number of piperidine rings is 1. The van der Waals surface area contributed by atoms with Crippen LogP contribution in [-0.2, 0) is 0 Å². The number of anilines is 2. The number of hydrogen-bond donors (Lipinski definition) is 2. The smallest absolute Gasteiger partial charge is 0.151 e. The number of benzene rings is 4. The van der Waals surface area contributed by atoms with E-state index >= 15 is 17.6 Å². The molecule has 234 valence electrons. The van der Waals surface area contributed by atoms with Gasteiger partial charge in [-0.25, -0.2) is 31.9 Å². The summed E-state index contributed by atoms with van der Waals surface area (Å²) in [6, 6.07) is 13.7. The predicted molar refractivity (Wildman–Crippen MR) is 166 cm³/mol. The Morgan fingerprint density at radius 2 is 1.13 bits per heavy atom. The summed E-state index contributed by atoms with van der Waals surface area (Å²) >= 11 is 0. The van der Waals surface area contributed by atoms with Crippen LogP contribution in [-0.4, -0.2) is 33.0 Å². The Balaban J connectivity index is 1.16. The van der Waals surface area contributed by atoms with E-state index in [9.17, 15) is 4.39 Å². The molecule has 0 saturated carbocycles. The molecule has 11 heteroatoms. The lowest BCUT2D eigenvalue weighted by Gasteiger charge is -2.36. The zero-order chi connectivity index (χ0) is 31.5. The molecule has 0 amide bonds. The van der Waals surface area contributed by atoms with E-state index in [0.29, 0.717) is 72.0 Å². The van der Waals surface area contributed by atoms with Crippen molar-refractivity contribution >= 4 is 33.4 Å². The summed E-state index contributed by atoms with van der Waals surface area (Å²) in [7, 11) is 0. The molecule has 2 N–H and O–H groups in total. The van der Waals surface area contributed by atoms with E-state index in [1.54, 1.807) is 34.1 Å². The van der Waals surface area contributed by atoms with Crippen LogP contribution < -0.4 is 9.80 Å². The molecule has 0 bridgehead atoms. The molecule has 4 heterocycles. The fraction of sp³-hybridized carbons (Fsp3) is 0.257. The van der Waals surface area contributed by atoms with Crippen molar-refractivity contribution in [2.24, 2.45) is 0 Å². The Morgan fingerprint density at radius 3 is 1.65 bits per heavy atom. The summed E-state index contributed by atoms with van der Waals surface area (Å²) in [6.07, 6.45) is 5.11. The predicted octanol–water partition coefficient (Wildman–Crippen LogP) is 8.60. The Labute approximate surface area is 260 Å². The summed E-state index contributed by atoms with van der Waals surface area (Å²) < 4.78 is 76.7. The van der Waals surface area contributed by atoms with E-state index < -0.39 is 35.4 Å². The van der Waals surface area contributed by atoms with Crippen molar-refractivity contribution in [3.63, 3.8) is 0 Å². The molecular weight excluding hydrogens is 599 g/mol. The number of fused-ring (bicyclic) bond motifs is 2. The summed E-state index contributed by atoms with van der Waals surface area (Å²) in [5.74, 6) is -2.62. The van der Waals surface area contributed by atoms with Crippen LogP contribution in [0.3, 0.4) is 0 Å². The average Bonchev–Trinajstić information content (AvgIpc) is 3.80. The van der Waals surface area contributed by atoms with Crippen LogP contribution in [0.25, 0.3) is 22.1 Å². The van der Waals surface area contributed by atoms with Gasteiger partial charge in [-0.05, 0) is 73.6 Å². The van der Waals surface area contributed by atoms with Crippen molar-refractivity contribution in [1.29, 1.82) is 0 Å². The second-order valence-electron chi connectivity index (χ2n) is 12.2. The minimum absolute atomic E-state index is 0.122. The Bertz CT molecular complexity index is 1950. The molecule has 2 aromatic heterocycles. The molecular formula is C35H29F5N6. The third-order valence-corrected chi connectivity index (χ3v) is 9.63. The van der Waals surface area contributed by atoms with Gasteiger partial charge in [0.1, 0.15) is 23.1 Å². The second-order valence-corrected chi connectivity index (χ2v) is 12.2. The van der Waals surface area contributed by atoms with E-state index in [4.69, 9.17) is 0 Å². The average molecular weight is 629 g/mol. The number of nitrogens with zero attached hydrogens (tertiary/aromatic N) is 4. The van der Waals surface area contributed by atoms with Gasteiger partial charge in [0.25, 0.3) is 0 Å². The molecule has 6 aromatic rings. The zero-order valence-electron chi connectivity index (χ0n) is 24.6. The highest BCUT2D eigenvalue weighted by molar-refractivity contribution is 5.77. The van der Waals surface area contributed by atoms with Crippen LogP contribution in [0, 0.1) is 29.1 Å². The molecule has 2 aliphatic rings. The van der Waals surface area contributed by atoms with Crippen LogP contribution in [0.2, 0.25) is 0 Å². The molecule has 2 atom stereocenters. The number of halogens is 5. The van der Waals surface area contributed by atoms with Gasteiger partial charge < -0.3 is 19.8 Å². The number of imidazole rings is 2. The van der Waals surface area contributed by atoms with Gasteiger partial charge in [-0.2, -0.15) is 0 Å². The minimum atomic E-state index is -0.742. The molecule has 2 fully saturated rings. The van der Waals surface area contributed by atoms with Crippen LogP contribution >= 0.6 is 0 Å². The van der Waals surface area contributed by atoms with Gasteiger partial charge in [0.05, 0.1) is 46.8 Å². The first kappa shape index (κ1) is 28.5. The quantitative estimate of drug-likeness (QED) is 0.188. The molecule has 0 spiro atoms. The lowest BCUT2D eigenvalue weighted by molar-refractivity contribution is 0.485. The van der Waals surface area contributed by atoms with Crippen LogP contribution in [0.1, 0.15) is 60.4 Å². The van der Waals surface area contributed by atoms with Crippen molar-refractivity contribution in [1.82, 2.24) is 19.9 Å². The number of aromatic nitrogens is 4. The first-order valence-electron chi connectivity index (χ1n) is 15.4. The van der Waals surface area contributed by atoms with Crippen LogP contribution in [0.5, 0.6) is 0 Å². The van der Waals surface area contributed by atoms with Gasteiger partial charge in [-0.1, -0.05) is 12.1 Å². The highest BCUT2D eigenvalue weighted by atomic mass is 19.1. The molecule has 8 rings (SSSR count). The largest absolute Gasteiger partial charge is 0.367 e. The number of rotatable bonds is 5. The number of nitrogens with one attached hydrogen (secondary N) is 2. The normalized spacial score (nSPS) is 19.2. The van der Waals surface area contributed by atoms with E-state index in [1.165, 1.54) is 49.1 Å². The van der Waals surface area contributed by atoms with E-state index in [1.807, 2.05) is 0 Å². The molecule has 46 heavy (non-hydrogen) atoms. The summed E-state index contributed by atoms with van der Waals surface area (Å²) in [5, 5.41) is 0. The van der Waals surface area contributed by atoms with Crippen molar-refractivity contribution in [3.05, 3.63) is 119 Å². The highest BCUT2D eigenvalue weighted by Gasteiger charge is 2.39. The third-order valence-electron chi connectivity index (χ3n) is 9.63. The standard InChI is InChI=1S/C35H29F5N6/c36-21-3-1-19(2-4-21)20-7-9-45(10-8-20)35-27(39)11-22(12-28(35)40)46-33(23-13-29-31(15-25(23)37)43-17-41-29)5-6-34(46)24-14-30-32(16-26(24)38)44-18-42-30/h1-4,11-18,20,33-34H,5-10H2,(H,41,43)(H,42,44)/t33-,34-/m1/s1. The van der Waals surface area contributed by atoms with Gasteiger partial charge in [0, 0.05) is 42.0 Å². The molecule has 4 aromatic carbocycles. The SMILES string of the molecule is Fc1ccc(C2CCN(c3c(F)cc(N4[C@@H](c5cc6[nH]cnc6cc5F)CC[C@@H]4c4cc5[nH]cnc5cc4F)cc3F)CC2)cc1. The molecule has 0 aliphatic carbocycles. The van der Waals surface area contributed by atoms with Crippen LogP contribution in [0.15, 0.2) is 73.3 Å². The lowest BCUT2D eigenvalue weighted by Crippen LogP contribution is -2.34. The summed E-state index contributed by atoms with van der Waals surface area (Å²) in [4.78, 5) is 17.7. The molecule has 2 saturated heterocycles. The van der Waals surface area contributed by atoms with Gasteiger partial charge in [0.15, 0.2) is 11.6 Å². The van der Waals surface area contributed by atoms with Crippen molar-refractivity contribution in [2.75, 3.05) is 22.9 Å². The maximum atomic E-state index is 16.0.